The highest BCUT2D eigenvalue weighted by atomic mass is 16.1. The van der Waals surface area contributed by atoms with Gasteiger partial charge in [0.05, 0.1) is 0 Å². The maximum atomic E-state index is 12.1. The van der Waals surface area contributed by atoms with Gasteiger partial charge in [0.1, 0.15) is 0 Å². The van der Waals surface area contributed by atoms with Gasteiger partial charge in [-0.15, -0.1) is 0 Å². The molecule has 2 N–H and O–H groups in total. The molecule has 0 saturated carbocycles. The molecular weight excluding hydrogens is 200 g/mol. The van der Waals surface area contributed by atoms with Gasteiger partial charge in [0, 0.05) is 24.3 Å². The molecular formula is C13H22N2O. The quantitative estimate of drug-likeness (QED) is 0.776. The van der Waals surface area contributed by atoms with E-state index in [1.54, 1.807) is 0 Å². The molecule has 3 nitrogen and oxygen atoms in total. The minimum absolute atomic E-state index is 0.0936. The lowest BCUT2D eigenvalue weighted by Gasteiger charge is -2.13. The van der Waals surface area contributed by atoms with Crippen LogP contribution >= 0.6 is 0 Å². The number of unbranched alkanes of at least 4 members (excludes halogenated alkanes) is 2. The van der Waals surface area contributed by atoms with E-state index in [0.29, 0.717) is 6.54 Å². The molecule has 0 fully saturated rings. The van der Waals surface area contributed by atoms with Crippen LogP contribution in [0.1, 0.15) is 43.0 Å². The van der Waals surface area contributed by atoms with Crippen molar-refractivity contribution in [1.29, 1.82) is 0 Å². The molecule has 90 valence electrons. The van der Waals surface area contributed by atoms with Crippen molar-refractivity contribution in [1.82, 2.24) is 4.57 Å². The smallest absolute Gasteiger partial charge is 0.255 e. The Hall–Kier alpha value is -1.09. The lowest BCUT2D eigenvalue weighted by molar-refractivity contribution is 0.571. The van der Waals surface area contributed by atoms with Crippen LogP contribution in [0.5, 0.6) is 0 Å². The number of rotatable bonds is 5. The first-order valence-corrected chi connectivity index (χ1v) is 6.01. The Kier molecular flexibility index (Phi) is 4.74. The number of aryl methyl sites for hydroxylation is 2. The van der Waals surface area contributed by atoms with Crippen molar-refractivity contribution in [3.63, 3.8) is 0 Å². The van der Waals surface area contributed by atoms with E-state index in [2.05, 4.69) is 13.0 Å². The second kappa shape index (κ2) is 5.85. The minimum Gasteiger partial charge on any atom is -0.326 e. The first-order chi connectivity index (χ1) is 7.61. The zero-order valence-corrected chi connectivity index (χ0v) is 10.5. The van der Waals surface area contributed by atoms with Crippen LogP contribution in [0.2, 0.25) is 0 Å². The monoisotopic (exact) mass is 222 g/mol. The predicted molar refractivity (Wildman–Crippen MR) is 67.6 cm³/mol. The highest BCUT2D eigenvalue weighted by Crippen LogP contribution is 2.07. The van der Waals surface area contributed by atoms with Gasteiger partial charge in [0.25, 0.3) is 5.56 Å². The van der Waals surface area contributed by atoms with Crippen molar-refractivity contribution in [3.05, 3.63) is 33.2 Å². The zero-order chi connectivity index (χ0) is 12.1. The average Bonchev–Trinajstić information content (AvgIpc) is 2.23. The molecule has 0 bridgehead atoms. The lowest BCUT2D eigenvalue weighted by atomic mass is 10.1. The summed E-state index contributed by atoms with van der Waals surface area (Å²) < 4.78 is 1.85. The molecule has 0 atom stereocenters. The maximum absolute atomic E-state index is 12.1. The van der Waals surface area contributed by atoms with Crippen molar-refractivity contribution < 1.29 is 0 Å². The Labute approximate surface area is 97.3 Å². The van der Waals surface area contributed by atoms with E-state index in [1.807, 2.05) is 18.4 Å². The van der Waals surface area contributed by atoms with Crippen LogP contribution in [0.15, 0.2) is 10.9 Å². The highest BCUT2D eigenvalue weighted by Gasteiger charge is 2.08. The van der Waals surface area contributed by atoms with Crippen LogP contribution in [-0.4, -0.2) is 4.57 Å². The first kappa shape index (κ1) is 13.0. The number of nitrogens with two attached hydrogens (primary N) is 1. The summed E-state index contributed by atoms with van der Waals surface area (Å²) >= 11 is 0. The molecule has 0 radical (unpaired) electrons. The Morgan fingerprint density at radius 1 is 1.31 bits per heavy atom. The molecule has 0 amide bonds. The fraction of sp³-hybridized carbons (Fsp3) is 0.615. The summed E-state index contributed by atoms with van der Waals surface area (Å²) in [5, 5.41) is 0. The van der Waals surface area contributed by atoms with Gasteiger partial charge >= 0.3 is 0 Å². The summed E-state index contributed by atoms with van der Waals surface area (Å²) in [6, 6.07) is 2.05. The average molecular weight is 222 g/mol. The van der Waals surface area contributed by atoms with E-state index in [9.17, 15) is 4.79 Å². The van der Waals surface area contributed by atoms with Gasteiger partial charge in [-0.2, -0.15) is 0 Å². The molecule has 1 heterocycles. The predicted octanol–water partition coefficient (Wildman–Crippen LogP) is 2.11. The van der Waals surface area contributed by atoms with E-state index in [1.165, 1.54) is 6.42 Å². The van der Waals surface area contributed by atoms with Crippen LogP contribution in [0.4, 0.5) is 0 Å². The SMILES string of the molecule is CCCCCn1c(C)cc(C)c(CN)c1=O. The largest absolute Gasteiger partial charge is 0.326 e. The van der Waals surface area contributed by atoms with E-state index in [4.69, 9.17) is 5.73 Å². The van der Waals surface area contributed by atoms with Gasteiger partial charge in [-0.1, -0.05) is 19.8 Å². The second-order valence-corrected chi connectivity index (χ2v) is 4.32. The third kappa shape index (κ3) is 2.73. The summed E-state index contributed by atoms with van der Waals surface area (Å²) in [6.07, 6.45) is 3.39. The molecule has 16 heavy (non-hydrogen) atoms. The normalized spacial score (nSPS) is 10.8. The van der Waals surface area contributed by atoms with Gasteiger partial charge in [0.2, 0.25) is 0 Å². The molecule has 0 saturated heterocycles. The molecule has 0 aliphatic rings. The molecule has 1 aromatic rings. The van der Waals surface area contributed by atoms with Crippen molar-refractivity contribution in [2.75, 3.05) is 0 Å². The summed E-state index contributed by atoms with van der Waals surface area (Å²) in [5.74, 6) is 0. The van der Waals surface area contributed by atoms with E-state index >= 15 is 0 Å². The van der Waals surface area contributed by atoms with Crippen LogP contribution in [0.25, 0.3) is 0 Å². The summed E-state index contributed by atoms with van der Waals surface area (Å²) in [4.78, 5) is 12.1. The molecule has 1 rings (SSSR count). The number of pyridine rings is 1. The van der Waals surface area contributed by atoms with Crippen LogP contribution in [-0.2, 0) is 13.1 Å². The molecule has 0 aliphatic heterocycles. The van der Waals surface area contributed by atoms with Crippen molar-refractivity contribution in [2.45, 2.75) is 53.1 Å². The van der Waals surface area contributed by atoms with Crippen molar-refractivity contribution in [3.8, 4) is 0 Å². The minimum atomic E-state index is 0.0936. The molecule has 0 unspecified atom stereocenters. The molecule has 0 aromatic carbocycles. The van der Waals surface area contributed by atoms with Gasteiger partial charge < -0.3 is 10.3 Å². The Morgan fingerprint density at radius 3 is 2.56 bits per heavy atom. The summed E-state index contributed by atoms with van der Waals surface area (Å²) in [7, 11) is 0. The van der Waals surface area contributed by atoms with Crippen LogP contribution in [0, 0.1) is 13.8 Å². The number of nitrogens with zero attached hydrogens (tertiary/aromatic N) is 1. The molecule has 3 heteroatoms. The number of hydrogen-bond acceptors (Lipinski definition) is 2. The highest BCUT2D eigenvalue weighted by molar-refractivity contribution is 5.25. The van der Waals surface area contributed by atoms with E-state index in [0.717, 1.165) is 36.2 Å². The third-order valence-electron chi connectivity index (χ3n) is 3.02. The maximum Gasteiger partial charge on any atom is 0.255 e. The van der Waals surface area contributed by atoms with Crippen molar-refractivity contribution in [2.24, 2.45) is 5.73 Å². The Balaban J connectivity index is 3.04. The van der Waals surface area contributed by atoms with Gasteiger partial charge in [-0.05, 0) is 31.9 Å². The fourth-order valence-corrected chi connectivity index (χ4v) is 2.02. The lowest BCUT2D eigenvalue weighted by Crippen LogP contribution is -2.28. The molecule has 0 aliphatic carbocycles. The Bertz CT molecular complexity index is 407. The second-order valence-electron chi connectivity index (χ2n) is 4.32. The van der Waals surface area contributed by atoms with Gasteiger partial charge in [-0.3, -0.25) is 4.79 Å². The third-order valence-corrected chi connectivity index (χ3v) is 3.02. The van der Waals surface area contributed by atoms with E-state index in [-0.39, 0.29) is 5.56 Å². The first-order valence-electron chi connectivity index (χ1n) is 6.01. The zero-order valence-electron chi connectivity index (χ0n) is 10.5. The summed E-state index contributed by atoms with van der Waals surface area (Å²) in [5.41, 5.74) is 8.51. The van der Waals surface area contributed by atoms with Crippen LogP contribution < -0.4 is 11.3 Å². The number of aromatic nitrogens is 1. The molecule has 1 aromatic heterocycles. The van der Waals surface area contributed by atoms with E-state index < -0.39 is 0 Å². The molecule has 0 spiro atoms. The number of hydrogen-bond donors (Lipinski definition) is 1. The van der Waals surface area contributed by atoms with Crippen molar-refractivity contribution >= 4 is 0 Å². The van der Waals surface area contributed by atoms with Crippen LogP contribution in [0.3, 0.4) is 0 Å². The Morgan fingerprint density at radius 2 is 2.00 bits per heavy atom. The summed E-state index contributed by atoms with van der Waals surface area (Å²) in [6.45, 7) is 7.24. The van der Waals surface area contributed by atoms with Gasteiger partial charge in [0.15, 0.2) is 0 Å². The van der Waals surface area contributed by atoms with Gasteiger partial charge in [-0.25, -0.2) is 0 Å². The topological polar surface area (TPSA) is 48.0 Å². The fourth-order valence-electron chi connectivity index (χ4n) is 2.02. The standard InChI is InChI=1S/C13H22N2O/c1-4-5-6-7-15-11(3)8-10(2)12(9-14)13(15)16/h8H,4-7,9,14H2,1-3H3.